The second kappa shape index (κ2) is 9.60. The largest absolute Gasteiger partial charge is 1.00 e. The lowest BCUT2D eigenvalue weighted by molar-refractivity contribution is -0.383. The van der Waals surface area contributed by atoms with E-state index in [9.17, 15) is 10.2 Å². The first-order valence-electron chi connectivity index (χ1n) is 10.5. The lowest BCUT2D eigenvalue weighted by Crippen LogP contribution is -3.00. The van der Waals surface area contributed by atoms with Crippen LogP contribution in [-0.2, 0) is 0 Å². The maximum atomic E-state index is 10.4. The third kappa shape index (κ3) is 4.59. The molecule has 0 radical (unpaired) electrons. The van der Waals surface area contributed by atoms with E-state index in [1.807, 2.05) is 103 Å². The van der Waals surface area contributed by atoms with Crippen LogP contribution in [0.2, 0.25) is 0 Å². The molecule has 0 saturated heterocycles. The number of aromatic hydroxyl groups is 2. The van der Waals surface area contributed by atoms with Crippen LogP contribution in [0, 0.1) is 0 Å². The van der Waals surface area contributed by atoms with Crippen molar-refractivity contribution in [2.75, 3.05) is 0 Å². The Kier molecular flexibility index (Phi) is 6.43. The van der Waals surface area contributed by atoms with Crippen molar-refractivity contribution < 1.29 is 27.6 Å². The number of benzene rings is 4. The van der Waals surface area contributed by atoms with Gasteiger partial charge in [0, 0.05) is 35.4 Å². The summed E-state index contributed by atoms with van der Waals surface area (Å²) in [7, 11) is 0. The zero-order valence-corrected chi connectivity index (χ0v) is 18.5. The molecule has 5 aromatic rings. The molecule has 0 aliphatic heterocycles. The van der Waals surface area contributed by atoms with Crippen LogP contribution in [0.1, 0.15) is 22.5 Å². The fourth-order valence-electron chi connectivity index (χ4n) is 3.96. The molecule has 0 atom stereocenters. The van der Waals surface area contributed by atoms with Crippen LogP contribution >= 0.6 is 0 Å². The van der Waals surface area contributed by atoms with E-state index in [-0.39, 0.29) is 23.9 Å². The van der Waals surface area contributed by atoms with Crippen molar-refractivity contribution >= 4 is 45.8 Å². The molecule has 0 fully saturated rings. The van der Waals surface area contributed by atoms with Crippen molar-refractivity contribution in [2.45, 2.75) is 0 Å². The second-order valence-corrected chi connectivity index (χ2v) is 7.67. The lowest BCUT2D eigenvalue weighted by Gasteiger charge is -2.05. The Labute approximate surface area is 198 Å². The molecule has 0 aliphatic carbocycles. The normalized spacial score (nSPS) is 11.4. The SMILES string of the molecule is Oc1ccc2ccccc2c1C=Cc1cccc(C=Cc2c(O)ccc3ccccc23)[nH+]1.[Cl-]. The molecule has 1 heterocycles. The van der Waals surface area contributed by atoms with Crippen LogP contribution in [-0.4, -0.2) is 10.2 Å². The van der Waals surface area contributed by atoms with Crippen LogP contribution in [0.3, 0.4) is 0 Å². The van der Waals surface area contributed by atoms with Gasteiger partial charge in [-0.3, -0.25) is 0 Å². The standard InChI is InChI=1S/C29H21NO2.ClH/c31-28-18-12-20-6-1-3-10-24(20)26(28)16-14-22-8-5-9-23(30-22)15-17-27-25-11-4-2-7-21(25)13-19-29(27)32;/h1-19,31-32H;1H. The Morgan fingerprint density at radius 1 is 0.485 bits per heavy atom. The average molecular weight is 452 g/mol. The lowest BCUT2D eigenvalue weighted by atomic mass is 10.0. The van der Waals surface area contributed by atoms with E-state index < -0.39 is 0 Å². The zero-order valence-electron chi connectivity index (χ0n) is 17.7. The van der Waals surface area contributed by atoms with Crippen molar-refractivity contribution in [3.63, 3.8) is 0 Å². The van der Waals surface area contributed by atoms with E-state index in [0.29, 0.717) is 0 Å². The molecule has 162 valence electrons. The maximum Gasteiger partial charge on any atom is 0.203 e. The molecule has 0 saturated carbocycles. The minimum absolute atomic E-state index is 0. The van der Waals surface area contributed by atoms with E-state index in [1.54, 1.807) is 12.1 Å². The van der Waals surface area contributed by atoms with Gasteiger partial charge in [0.2, 0.25) is 11.4 Å². The number of fused-ring (bicyclic) bond motifs is 2. The summed E-state index contributed by atoms with van der Waals surface area (Å²) in [6.07, 6.45) is 7.75. The summed E-state index contributed by atoms with van der Waals surface area (Å²) in [5.41, 5.74) is 3.39. The van der Waals surface area contributed by atoms with Gasteiger partial charge >= 0.3 is 0 Å². The Morgan fingerprint density at radius 3 is 1.42 bits per heavy atom. The monoisotopic (exact) mass is 451 g/mol. The predicted molar refractivity (Wildman–Crippen MR) is 132 cm³/mol. The number of H-pyrrole nitrogens is 1. The fraction of sp³-hybridized carbons (Fsp3) is 0. The summed E-state index contributed by atoms with van der Waals surface area (Å²) >= 11 is 0. The van der Waals surface area contributed by atoms with Crippen molar-refractivity contribution in [1.29, 1.82) is 0 Å². The smallest absolute Gasteiger partial charge is 0.203 e. The molecule has 3 nitrogen and oxygen atoms in total. The quantitative estimate of drug-likeness (QED) is 0.439. The van der Waals surface area contributed by atoms with Crippen molar-refractivity contribution in [3.05, 3.63) is 114 Å². The van der Waals surface area contributed by atoms with Gasteiger partial charge in [-0.1, -0.05) is 60.7 Å². The third-order valence-corrected chi connectivity index (χ3v) is 5.59. The van der Waals surface area contributed by atoms with Crippen LogP contribution in [0.25, 0.3) is 45.8 Å². The van der Waals surface area contributed by atoms with Gasteiger partial charge in [-0.25, -0.2) is 4.98 Å². The maximum absolute atomic E-state index is 10.4. The first-order valence-corrected chi connectivity index (χ1v) is 10.5. The Morgan fingerprint density at radius 2 is 0.939 bits per heavy atom. The van der Waals surface area contributed by atoms with Gasteiger partial charge in [0.25, 0.3) is 0 Å². The Balaban J connectivity index is 0.00000259. The molecule has 33 heavy (non-hydrogen) atoms. The van der Waals surface area contributed by atoms with Crippen LogP contribution in [0.4, 0.5) is 0 Å². The highest BCUT2D eigenvalue weighted by Crippen LogP contribution is 2.30. The van der Waals surface area contributed by atoms with E-state index in [1.165, 1.54) is 0 Å². The van der Waals surface area contributed by atoms with Gasteiger partial charge in [-0.05, 0) is 51.9 Å². The number of rotatable bonds is 4. The summed E-state index contributed by atoms with van der Waals surface area (Å²) in [6.45, 7) is 0. The van der Waals surface area contributed by atoms with Gasteiger partial charge in [0.1, 0.15) is 11.5 Å². The molecule has 1 aromatic heterocycles. The molecule has 3 N–H and O–H groups in total. The van der Waals surface area contributed by atoms with Crippen LogP contribution < -0.4 is 17.4 Å². The van der Waals surface area contributed by atoms with Gasteiger partial charge in [-0.15, -0.1) is 0 Å². The molecular formula is C29H22ClNO2. The summed E-state index contributed by atoms with van der Waals surface area (Å²) in [4.78, 5) is 3.38. The molecule has 0 amide bonds. The van der Waals surface area contributed by atoms with Crippen LogP contribution in [0.15, 0.2) is 91.0 Å². The fourth-order valence-corrected chi connectivity index (χ4v) is 3.96. The number of halogens is 1. The molecular weight excluding hydrogens is 430 g/mol. The Hall–Kier alpha value is -4.08. The number of phenolic OH excluding ortho intramolecular Hbond substituents is 2. The summed E-state index contributed by atoms with van der Waals surface area (Å²) in [5, 5.41) is 24.9. The Bertz CT molecular complexity index is 1390. The summed E-state index contributed by atoms with van der Waals surface area (Å²) in [6, 6.07) is 29.2. The molecule has 0 spiro atoms. The minimum atomic E-state index is 0. The third-order valence-electron chi connectivity index (χ3n) is 5.59. The number of pyridine rings is 1. The summed E-state index contributed by atoms with van der Waals surface area (Å²) < 4.78 is 0. The molecule has 4 aromatic carbocycles. The van der Waals surface area contributed by atoms with Crippen molar-refractivity contribution in [2.24, 2.45) is 0 Å². The van der Waals surface area contributed by atoms with E-state index >= 15 is 0 Å². The predicted octanol–water partition coefficient (Wildman–Crippen LogP) is 3.56. The molecule has 4 heteroatoms. The molecule has 0 unspecified atom stereocenters. The second-order valence-electron chi connectivity index (χ2n) is 7.67. The van der Waals surface area contributed by atoms with Crippen molar-refractivity contribution in [3.8, 4) is 11.5 Å². The number of aromatic nitrogens is 1. The number of aromatic amines is 1. The average Bonchev–Trinajstić information content (AvgIpc) is 2.83. The van der Waals surface area contributed by atoms with E-state index in [2.05, 4.69) is 4.98 Å². The van der Waals surface area contributed by atoms with Crippen molar-refractivity contribution in [1.82, 2.24) is 0 Å². The molecule has 0 aliphatic rings. The zero-order chi connectivity index (χ0) is 21.9. The highest BCUT2D eigenvalue weighted by molar-refractivity contribution is 5.96. The molecule has 0 bridgehead atoms. The van der Waals surface area contributed by atoms with E-state index in [4.69, 9.17) is 0 Å². The first kappa shape index (κ1) is 22.1. The van der Waals surface area contributed by atoms with Gasteiger partial charge in [0.15, 0.2) is 0 Å². The minimum Gasteiger partial charge on any atom is -1.00 e. The van der Waals surface area contributed by atoms with Gasteiger partial charge in [-0.2, -0.15) is 0 Å². The van der Waals surface area contributed by atoms with E-state index in [0.717, 1.165) is 44.1 Å². The van der Waals surface area contributed by atoms with Gasteiger partial charge < -0.3 is 22.6 Å². The molecule has 5 rings (SSSR count). The highest BCUT2D eigenvalue weighted by atomic mass is 35.5. The number of hydrogen-bond donors (Lipinski definition) is 2. The first-order chi connectivity index (χ1) is 15.7. The number of hydrogen-bond acceptors (Lipinski definition) is 2. The highest BCUT2D eigenvalue weighted by Gasteiger charge is 2.07. The summed E-state index contributed by atoms with van der Waals surface area (Å²) in [5.74, 6) is 0.505. The van der Waals surface area contributed by atoms with Crippen LogP contribution in [0.5, 0.6) is 11.5 Å². The number of nitrogens with one attached hydrogen (secondary N) is 1. The van der Waals surface area contributed by atoms with Gasteiger partial charge in [0.05, 0.1) is 0 Å². The number of phenols is 2. The topological polar surface area (TPSA) is 54.6 Å².